The van der Waals surface area contributed by atoms with E-state index in [1.54, 1.807) is 24.3 Å². The quantitative estimate of drug-likeness (QED) is 0.672. The molecule has 1 aromatic rings. The van der Waals surface area contributed by atoms with Gasteiger partial charge in [0.1, 0.15) is 0 Å². The maximum atomic E-state index is 12.6. The van der Waals surface area contributed by atoms with Gasteiger partial charge in [0, 0.05) is 29.8 Å². The van der Waals surface area contributed by atoms with Gasteiger partial charge in [0.2, 0.25) is 5.91 Å². The number of benzene rings is 1. The molecule has 1 aliphatic rings. The molecule has 0 spiro atoms. The molecule has 0 bridgehead atoms. The van der Waals surface area contributed by atoms with Crippen LogP contribution in [0.3, 0.4) is 0 Å². The van der Waals surface area contributed by atoms with Crippen LogP contribution in [-0.4, -0.2) is 30.1 Å². The number of anilines is 1. The molecule has 132 valence electrons. The van der Waals surface area contributed by atoms with Crippen LogP contribution in [0.4, 0.5) is 5.69 Å². The van der Waals surface area contributed by atoms with Crippen molar-refractivity contribution in [2.45, 2.75) is 46.0 Å². The Bertz CT molecular complexity index is 560. The molecule has 0 aromatic heterocycles. The molecule has 1 saturated carbocycles. The van der Waals surface area contributed by atoms with Crippen molar-refractivity contribution in [3.8, 4) is 0 Å². The first-order chi connectivity index (χ1) is 11.4. The third kappa shape index (κ3) is 4.57. The summed E-state index contributed by atoms with van der Waals surface area (Å²) in [5.41, 5.74) is 0.871. The maximum Gasteiger partial charge on any atom is 0.251 e. The van der Waals surface area contributed by atoms with Crippen molar-refractivity contribution in [2.24, 2.45) is 11.3 Å². The Morgan fingerprint density at radius 2 is 1.79 bits per heavy atom. The summed E-state index contributed by atoms with van der Waals surface area (Å²) in [7, 11) is 0. The molecular weight excluding hydrogens is 304 g/mol. The molecule has 24 heavy (non-hydrogen) atoms. The number of hydrogen-bond acceptors (Lipinski definition) is 3. The lowest BCUT2D eigenvalue weighted by molar-refractivity contribution is -0.126. The maximum absolute atomic E-state index is 12.6. The van der Waals surface area contributed by atoms with Crippen molar-refractivity contribution >= 4 is 17.5 Å². The molecule has 3 N–H and O–H groups in total. The number of amides is 2. The second kappa shape index (κ2) is 8.29. The van der Waals surface area contributed by atoms with E-state index < -0.39 is 0 Å². The summed E-state index contributed by atoms with van der Waals surface area (Å²) in [6.07, 6.45) is 5.19. The first-order valence-electron chi connectivity index (χ1n) is 8.75. The topological polar surface area (TPSA) is 78.4 Å². The third-order valence-corrected chi connectivity index (χ3v) is 4.99. The zero-order chi connectivity index (χ0) is 17.6. The summed E-state index contributed by atoms with van der Waals surface area (Å²) in [6, 6.07) is 6.91. The number of hydrogen-bond donors (Lipinski definition) is 3. The molecular formula is C19H28N2O3. The van der Waals surface area contributed by atoms with Crippen molar-refractivity contribution in [3.63, 3.8) is 0 Å². The van der Waals surface area contributed by atoms with E-state index in [0.29, 0.717) is 30.1 Å². The van der Waals surface area contributed by atoms with Crippen LogP contribution < -0.4 is 10.6 Å². The zero-order valence-electron chi connectivity index (χ0n) is 14.6. The Hall–Kier alpha value is -1.88. The van der Waals surface area contributed by atoms with Crippen LogP contribution in [-0.2, 0) is 4.79 Å². The van der Waals surface area contributed by atoms with Gasteiger partial charge in [-0.05, 0) is 49.4 Å². The van der Waals surface area contributed by atoms with Gasteiger partial charge in [-0.1, -0.05) is 26.7 Å². The Balaban J connectivity index is 1.93. The Morgan fingerprint density at radius 3 is 2.38 bits per heavy atom. The fraction of sp³-hybridized carbons (Fsp3) is 0.579. The van der Waals surface area contributed by atoms with E-state index in [1.807, 2.05) is 13.8 Å². The van der Waals surface area contributed by atoms with Gasteiger partial charge in [-0.2, -0.15) is 0 Å². The SMILES string of the molecule is CC(C)(C(=O)Nc1ccc(C(=O)NCCCO)cc1)C1CCCC1. The van der Waals surface area contributed by atoms with Gasteiger partial charge in [-0.15, -0.1) is 0 Å². The standard InChI is InChI=1S/C19H28N2O3/c1-19(2,15-6-3-4-7-15)18(24)21-16-10-8-14(9-11-16)17(23)20-12-5-13-22/h8-11,15,22H,3-7,12-13H2,1-2H3,(H,20,23)(H,21,24). The van der Waals surface area contributed by atoms with Crippen molar-refractivity contribution in [3.05, 3.63) is 29.8 Å². The van der Waals surface area contributed by atoms with Gasteiger partial charge in [-0.25, -0.2) is 0 Å². The molecule has 0 heterocycles. The first-order valence-corrected chi connectivity index (χ1v) is 8.75. The number of carbonyl (C=O) groups excluding carboxylic acids is 2. The van der Waals surface area contributed by atoms with Crippen LogP contribution in [0.1, 0.15) is 56.3 Å². The van der Waals surface area contributed by atoms with Gasteiger partial charge >= 0.3 is 0 Å². The van der Waals surface area contributed by atoms with Crippen molar-refractivity contribution < 1.29 is 14.7 Å². The lowest BCUT2D eigenvalue weighted by Crippen LogP contribution is -2.36. The Labute approximate surface area is 143 Å². The van der Waals surface area contributed by atoms with Crippen molar-refractivity contribution in [2.75, 3.05) is 18.5 Å². The minimum atomic E-state index is -0.378. The number of aliphatic hydroxyl groups is 1. The fourth-order valence-electron chi connectivity index (χ4n) is 3.21. The number of nitrogens with one attached hydrogen (secondary N) is 2. The molecule has 2 rings (SSSR count). The lowest BCUT2D eigenvalue weighted by atomic mass is 9.77. The van der Waals surface area contributed by atoms with Crippen LogP contribution in [0.25, 0.3) is 0 Å². The molecule has 1 aliphatic carbocycles. The van der Waals surface area contributed by atoms with E-state index in [4.69, 9.17) is 5.11 Å². The molecule has 5 nitrogen and oxygen atoms in total. The first kappa shape index (κ1) is 18.5. The number of aliphatic hydroxyl groups excluding tert-OH is 1. The van der Waals surface area contributed by atoms with Crippen molar-refractivity contribution in [1.29, 1.82) is 0 Å². The van der Waals surface area contributed by atoms with E-state index >= 15 is 0 Å². The van der Waals surface area contributed by atoms with E-state index in [0.717, 1.165) is 12.8 Å². The molecule has 0 atom stereocenters. The van der Waals surface area contributed by atoms with E-state index in [2.05, 4.69) is 10.6 Å². The Kier molecular flexibility index (Phi) is 6.37. The fourth-order valence-corrected chi connectivity index (χ4v) is 3.21. The van der Waals surface area contributed by atoms with E-state index in [1.165, 1.54) is 12.8 Å². The molecule has 0 aliphatic heterocycles. The van der Waals surface area contributed by atoms with Gasteiger partial charge in [0.25, 0.3) is 5.91 Å². The average Bonchev–Trinajstić information content (AvgIpc) is 3.11. The van der Waals surface area contributed by atoms with Crippen LogP contribution in [0, 0.1) is 11.3 Å². The van der Waals surface area contributed by atoms with Crippen LogP contribution in [0.15, 0.2) is 24.3 Å². The predicted octanol–water partition coefficient (Wildman–Crippen LogP) is 2.95. The van der Waals surface area contributed by atoms with Gasteiger partial charge in [0.15, 0.2) is 0 Å². The number of rotatable bonds is 7. The molecule has 2 amide bonds. The lowest BCUT2D eigenvalue weighted by Gasteiger charge is -2.30. The normalized spacial score (nSPS) is 15.3. The predicted molar refractivity (Wildman–Crippen MR) is 94.8 cm³/mol. The van der Waals surface area contributed by atoms with Crippen LogP contribution in [0.5, 0.6) is 0 Å². The Morgan fingerprint density at radius 1 is 1.17 bits per heavy atom. The second-order valence-electron chi connectivity index (χ2n) is 7.07. The number of carbonyl (C=O) groups is 2. The summed E-state index contributed by atoms with van der Waals surface area (Å²) in [6.45, 7) is 4.54. The third-order valence-electron chi connectivity index (χ3n) is 4.99. The monoisotopic (exact) mass is 332 g/mol. The van der Waals surface area contributed by atoms with Gasteiger partial charge in [0.05, 0.1) is 0 Å². The van der Waals surface area contributed by atoms with Crippen molar-refractivity contribution in [1.82, 2.24) is 5.32 Å². The average molecular weight is 332 g/mol. The summed E-state index contributed by atoms with van der Waals surface area (Å²) >= 11 is 0. The molecule has 0 saturated heterocycles. The highest BCUT2D eigenvalue weighted by Gasteiger charge is 2.38. The second-order valence-corrected chi connectivity index (χ2v) is 7.07. The highest BCUT2D eigenvalue weighted by molar-refractivity contribution is 5.97. The largest absolute Gasteiger partial charge is 0.396 e. The summed E-state index contributed by atoms with van der Waals surface area (Å²) in [5.74, 6) is 0.302. The summed E-state index contributed by atoms with van der Waals surface area (Å²) in [5, 5.41) is 14.4. The van der Waals surface area contributed by atoms with Gasteiger partial charge < -0.3 is 15.7 Å². The smallest absolute Gasteiger partial charge is 0.251 e. The molecule has 0 unspecified atom stereocenters. The molecule has 0 radical (unpaired) electrons. The van der Waals surface area contributed by atoms with E-state index in [9.17, 15) is 9.59 Å². The van der Waals surface area contributed by atoms with E-state index in [-0.39, 0.29) is 23.8 Å². The highest BCUT2D eigenvalue weighted by atomic mass is 16.3. The molecule has 1 aromatic carbocycles. The molecule has 5 heteroatoms. The zero-order valence-corrected chi connectivity index (χ0v) is 14.6. The summed E-state index contributed by atoms with van der Waals surface area (Å²) < 4.78 is 0. The van der Waals surface area contributed by atoms with Gasteiger partial charge in [-0.3, -0.25) is 9.59 Å². The highest BCUT2D eigenvalue weighted by Crippen LogP contribution is 2.40. The molecule has 1 fully saturated rings. The van der Waals surface area contributed by atoms with Crippen LogP contribution >= 0.6 is 0 Å². The van der Waals surface area contributed by atoms with Crippen LogP contribution in [0.2, 0.25) is 0 Å². The minimum absolute atomic E-state index is 0.0366. The summed E-state index contributed by atoms with van der Waals surface area (Å²) in [4.78, 5) is 24.5. The minimum Gasteiger partial charge on any atom is -0.396 e.